The van der Waals surface area contributed by atoms with Gasteiger partial charge in [-0.2, -0.15) is 0 Å². The van der Waals surface area contributed by atoms with Crippen LogP contribution in [-0.4, -0.2) is 17.6 Å². The fourth-order valence-electron chi connectivity index (χ4n) is 3.07. The van der Waals surface area contributed by atoms with Gasteiger partial charge >= 0.3 is 6.03 Å². The molecule has 0 aromatic heterocycles. The van der Waals surface area contributed by atoms with E-state index in [1.165, 1.54) is 0 Å². The van der Waals surface area contributed by atoms with E-state index in [-0.39, 0.29) is 6.61 Å². The summed E-state index contributed by atoms with van der Waals surface area (Å²) in [6.45, 7) is 2.20. The van der Waals surface area contributed by atoms with Crippen LogP contribution < -0.4 is 10.6 Å². The molecule has 3 aromatic carbocycles. The Balaban J connectivity index is 1.57. The number of urea groups is 1. The Labute approximate surface area is 210 Å². The molecular weight excluding hydrogens is 499 g/mol. The van der Waals surface area contributed by atoms with E-state index in [0.717, 1.165) is 41.5 Å². The Morgan fingerprint density at radius 3 is 2.29 bits per heavy atom. The van der Waals surface area contributed by atoms with Gasteiger partial charge in [0.05, 0.1) is 15.8 Å². The predicted molar refractivity (Wildman–Crippen MR) is 132 cm³/mol. The van der Waals surface area contributed by atoms with Gasteiger partial charge in [-0.3, -0.25) is 10.1 Å². The fourth-order valence-corrected chi connectivity index (χ4v) is 3.36. The van der Waals surface area contributed by atoms with Crippen LogP contribution in [0.1, 0.15) is 41.3 Å². The highest BCUT2D eigenvalue weighted by Crippen LogP contribution is 2.24. The molecule has 2 N–H and O–H groups in total. The van der Waals surface area contributed by atoms with Crippen molar-refractivity contribution in [1.82, 2.24) is 5.32 Å². The van der Waals surface area contributed by atoms with Gasteiger partial charge in [-0.1, -0.05) is 66.0 Å². The number of hydrogen-bond donors (Lipinski definition) is 2. The standard InChI is InChI=1S/C25H21Cl2F2N3O3/c1-2-4-22(16-9-12-18(26)19(27)13-16)32-35-14-15-7-10-17(11-8-15)30-25(34)31-24(33)23-20(28)5-3-6-21(23)29/h3,5-13H,2,4,14H2,1H3,(H2,30,31,33,34)/b32-22+. The summed E-state index contributed by atoms with van der Waals surface area (Å²) in [6, 6.07) is 13.9. The van der Waals surface area contributed by atoms with Crippen molar-refractivity contribution in [3.63, 3.8) is 0 Å². The van der Waals surface area contributed by atoms with Gasteiger partial charge in [-0.05, 0) is 48.4 Å². The van der Waals surface area contributed by atoms with E-state index in [2.05, 4.69) is 10.5 Å². The average molecular weight is 520 g/mol. The van der Waals surface area contributed by atoms with Gasteiger partial charge < -0.3 is 10.2 Å². The summed E-state index contributed by atoms with van der Waals surface area (Å²) in [7, 11) is 0. The first kappa shape index (κ1) is 26.1. The van der Waals surface area contributed by atoms with Crippen molar-refractivity contribution >= 4 is 46.5 Å². The maximum atomic E-state index is 13.7. The summed E-state index contributed by atoms with van der Waals surface area (Å²) in [5, 5.41) is 9.44. The van der Waals surface area contributed by atoms with Crippen LogP contribution in [0.4, 0.5) is 19.3 Å². The molecule has 3 amide bonds. The van der Waals surface area contributed by atoms with Crippen molar-refractivity contribution in [3.05, 3.63) is 99.0 Å². The third kappa shape index (κ3) is 7.24. The largest absolute Gasteiger partial charge is 0.391 e. The molecule has 0 saturated carbocycles. The number of halogens is 4. The van der Waals surface area contributed by atoms with Crippen LogP contribution in [0.15, 0.2) is 65.8 Å². The summed E-state index contributed by atoms with van der Waals surface area (Å²) in [5.41, 5.74) is 1.85. The molecule has 0 spiro atoms. The Hall–Kier alpha value is -3.49. The molecule has 3 aromatic rings. The fraction of sp³-hybridized carbons (Fsp3) is 0.160. The lowest BCUT2D eigenvalue weighted by Gasteiger charge is -2.09. The number of oxime groups is 1. The van der Waals surface area contributed by atoms with E-state index in [9.17, 15) is 18.4 Å². The number of imide groups is 1. The second-order valence-corrected chi connectivity index (χ2v) is 8.21. The quantitative estimate of drug-likeness (QED) is 0.249. The van der Waals surface area contributed by atoms with E-state index in [1.54, 1.807) is 36.4 Å². The van der Waals surface area contributed by atoms with Gasteiger partial charge in [0.2, 0.25) is 0 Å². The molecule has 0 fully saturated rings. The Kier molecular flexibility index (Phi) is 9.17. The van der Waals surface area contributed by atoms with E-state index >= 15 is 0 Å². The zero-order valence-corrected chi connectivity index (χ0v) is 20.1. The number of nitrogens with zero attached hydrogens (tertiary/aromatic N) is 1. The first-order valence-corrected chi connectivity index (χ1v) is 11.3. The minimum Gasteiger partial charge on any atom is -0.391 e. The van der Waals surface area contributed by atoms with Crippen molar-refractivity contribution in [2.24, 2.45) is 5.16 Å². The van der Waals surface area contributed by atoms with E-state index in [0.29, 0.717) is 22.2 Å². The van der Waals surface area contributed by atoms with Gasteiger partial charge in [-0.25, -0.2) is 13.6 Å². The summed E-state index contributed by atoms with van der Waals surface area (Å²) >= 11 is 12.1. The van der Waals surface area contributed by atoms with Crippen LogP contribution in [0.5, 0.6) is 0 Å². The van der Waals surface area contributed by atoms with Gasteiger partial charge in [-0.15, -0.1) is 0 Å². The lowest BCUT2D eigenvalue weighted by molar-refractivity contribution is 0.0959. The third-order valence-electron chi connectivity index (χ3n) is 4.77. The zero-order valence-electron chi connectivity index (χ0n) is 18.6. The smallest absolute Gasteiger partial charge is 0.326 e. The number of rotatable bonds is 8. The number of carbonyl (C=O) groups excluding carboxylic acids is 2. The van der Waals surface area contributed by atoms with Crippen LogP contribution in [0.2, 0.25) is 10.0 Å². The molecule has 182 valence electrons. The van der Waals surface area contributed by atoms with E-state index in [1.807, 2.05) is 18.3 Å². The SMILES string of the molecule is CCC/C(=N\OCc1ccc(NC(=O)NC(=O)c2c(F)cccc2F)cc1)c1ccc(Cl)c(Cl)c1. The van der Waals surface area contributed by atoms with Gasteiger partial charge in [0.15, 0.2) is 0 Å². The Morgan fingerprint density at radius 2 is 1.66 bits per heavy atom. The van der Waals surface area contributed by atoms with Crippen LogP contribution in [0.25, 0.3) is 0 Å². The first-order valence-electron chi connectivity index (χ1n) is 10.6. The maximum absolute atomic E-state index is 13.7. The highest BCUT2D eigenvalue weighted by Gasteiger charge is 2.19. The molecule has 0 atom stereocenters. The zero-order chi connectivity index (χ0) is 25.4. The Morgan fingerprint density at radius 1 is 0.971 bits per heavy atom. The lowest BCUT2D eigenvalue weighted by Crippen LogP contribution is -2.35. The van der Waals surface area contributed by atoms with Crippen LogP contribution in [0, 0.1) is 11.6 Å². The molecule has 0 radical (unpaired) electrons. The second-order valence-electron chi connectivity index (χ2n) is 7.39. The van der Waals surface area contributed by atoms with E-state index in [4.69, 9.17) is 28.0 Å². The monoisotopic (exact) mass is 519 g/mol. The molecule has 10 heteroatoms. The van der Waals surface area contributed by atoms with Crippen molar-refractivity contribution < 1.29 is 23.2 Å². The Bertz CT molecular complexity index is 1230. The minimum atomic E-state index is -1.19. The van der Waals surface area contributed by atoms with Crippen LogP contribution >= 0.6 is 23.2 Å². The number of nitrogens with one attached hydrogen (secondary N) is 2. The normalized spacial score (nSPS) is 11.2. The molecule has 0 aliphatic carbocycles. The molecule has 6 nitrogen and oxygen atoms in total. The first-order chi connectivity index (χ1) is 16.8. The van der Waals surface area contributed by atoms with Gasteiger partial charge in [0, 0.05) is 11.3 Å². The molecule has 0 saturated heterocycles. The highest BCUT2D eigenvalue weighted by atomic mass is 35.5. The highest BCUT2D eigenvalue weighted by molar-refractivity contribution is 6.42. The van der Waals surface area contributed by atoms with Crippen LogP contribution in [-0.2, 0) is 11.4 Å². The number of hydrogen-bond acceptors (Lipinski definition) is 4. The molecule has 0 unspecified atom stereocenters. The van der Waals surface area contributed by atoms with Gasteiger partial charge in [0.25, 0.3) is 5.91 Å². The molecule has 0 heterocycles. The topological polar surface area (TPSA) is 79.8 Å². The maximum Gasteiger partial charge on any atom is 0.326 e. The number of benzene rings is 3. The average Bonchev–Trinajstić information content (AvgIpc) is 2.81. The van der Waals surface area contributed by atoms with Crippen LogP contribution in [0.3, 0.4) is 0 Å². The molecular formula is C25H21Cl2F2N3O3. The lowest BCUT2D eigenvalue weighted by atomic mass is 10.1. The predicted octanol–water partition coefficient (Wildman–Crippen LogP) is 6.95. The van der Waals surface area contributed by atoms with Gasteiger partial charge in [0.1, 0.15) is 23.8 Å². The summed E-state index contributed by atoms with van der Waals surface area (Å²) in [6.07, 6.45) is 1.54. The van der Waals surface area contributed by atoms with Crippen molar-refractivity contribution in [2.45, 2.75) is 26.4 Å². The van der Waals surface area contributed by atoms with E-state index < -0.39 is 29.1 Å². The van der Waals surface area contributed by atoms with Crippen molar-refractivity contribution in [2.75, 3.05) is 5.32 Å². The number of carbonyl (C=O) groups is 2. The van der Waals surface area contributed by atoms with Crippen molar-refractivity contribution in [3.8, 4) is 0 Å². The number of amides is 3. The summed E-state index contributed by atoms with van der Waals surface area (Å²) in [4.78, 5) is 29.5. The molecule has 0 aliphatic rings. The number of anilines is 1. The summed E-state index contributed by atoms with van der Waals surface area (Å²) < 4.78 is 27.4. The molecule has 3 rings (SSSR count). The minimum absolute atomic E-state index is 0.173. The third-order valence-corrected chi connectivity index (χ3v) is 5.51. The molecule has 0 bridgehead atoms. The summed E-state index contributed by atoms with van der Waals surface area (Å²) in [5.74, 6) is -3.32. The molecule has 0 aliphatic heterocycles. The van der Waals surface area contributed by atoms with Crippen molar-refractivity contribution in [1.29, 1.82) is 0 Å². The molecule has 35 heavy (non-hydrogen) atoms. The second kappa shape index (κ2) is 12.3.